The normalized spacial score (nSPS) is 21.4. The molecule has 1 aromatic heterocycles. The van der Waals surface area contributed by atoms with Crippen LogP contribution in [0.25, 0.3) is 0 Å². The maximum Gasteiger partial charge on any atom is 0.308 e. The first-order chi connectivity index (χ1) is 17.4. The average molecular weight is 587 g/mol. The molecule has 1 aliphatic rings. The van der Waals surface area contributed by atoms with Gasteiger partial charge in [-0.2, -0.15) is 11.8 Å². The highest BCUT2D eigenvalue weighted by molar-refractivity contribution is 8.00. The fourth-order valence-corrected chi connectivity index (χ4v) is 6.70. The van der Waals surface area contributed by atoms with Crippen LogP contribution in [0.15, 0.2) is 36.4 Å². The van der Waals surface area contributed by atoms with E-state index in [2.05, 4.69) is 27.7 Å². The third kappa shape index (κ3) is 8.37. The molecule has 0 saturated carbocycles. The first-order valence-corrected chi connectivity index (χ1v) is 15.2. The summed E-state index contributed by atoms with van der Waals surface area (Å²) in [6.07, 6.45) is -0.858. The Morgan fingerprint density at radius 2 is 1.95 bits per heavy atom. The number of rotatable bonds is 10. The van der Waals surface area contributed by atoms with Gasteiger partial charge in [-0.1, -0.05) is 76.9 Å². The van der Waals surface area contributed by atoms with E-state index in [-0.39, 0.29) is 29.0 Å². The van der Waals surface area contributed by atoms with E-state index in [1.807, 2.05) is 66.9 Å². The number of halogens is 2. The summed E-state index contributed by atoms with van der Waals surface area (Å²) in [7, 11) is 0. The van der Waals surface area contributed by atoms with Gasteiger partial charge in [0.1, 0.15) is 12.2 Å². The van der Waals surface area contributed by atoms with Crippen LogP contribution in [0.3, 0.4) is 0 Å². The van der Waals surface area contributed by atoms with Crippen molar-refractivity contribution in [2.45, 2.75) is 83.4 Å². The fraction of sp³-hybridized carbons (Fsp3) is 0.571. The summed E-state index contributed by atoms with van der Waals surface area (Å²) in [5.74, 6) is 0.324. The summed E-state index contributed by atoms with van der Waals surface area (Å²) in [6.45, 7) is 12.9. The average Bonchev–Trinajstić information content (AvgIpc) is 3.25. The molecule has 0 aliphatic carbocycles. The van der Waals surface area contributed by atoms with Crippen molar-refractivity contribution >= 4 is 58.2 Å². The van der Waals surface area contributed by atoms with Crippen molar-refractivity contribution in [3.63, 3.8) is 0 Å². The second-order valence-corrected chi connectivity index (χ2v) is 14.7. The SMILES string of the molecule is CC[C@@H](CSC(C)(C)C)N1C(=O)[C@@H](CC(=O)OCC(C)C)O[C@H](c2cccc(Cl)c2)[C@H]1c1ccc(Cl)s1. The molecule has 0 bridgehead atoms. The van der Waals surface area contributed by atoms with Gasteiger partial charge in [-0.25, -0.2) is 0 Å². The predicted molar refractivity (Wildman–Crippen MR) is 155 cm³/mol. The van der Waals surface area contributed by atoms with Crippen molar-refractivity contribution in [1.82, 2.24) is 4.90 Å². The number of esters is 1. The summed E-state index contributed by atoms with van der Waals surface area (Å²) in [5.41, 5.74) is 0.846. The minimum Gasteiger partial charge on any atom is -0.465 e. The van der Waals surface area contributed by atoms with E-state index in [0.717, 1.165) is 22.6 Å². The van der Waals surface area contributed by atoms with Gasteiger partial charge in [-0.3, -0.25) is 9.59 Å². The zero-order valence-corrected chi connectivity index (χ0v) is 25.5. The second-order valence-electron chi connectivity index (χ2n) is 10.7. The van der Waals surface area contributed by atoms with Crippen LogP contribution in [-0.2, 0) is 19.1 Å². The molecule has 0 unspecified atom stereocenters. The number of hydrogen-bond acceptors (Lipinski definition) is 6. The van der Waals surface area contributed by atoms with Crippen molar-refractivity contribution in [1.29, 1.82) is 0 Å². The number of hydrogen-bond donors (Lipinski definition) is 0. The molecule has 2 heterocycles. The zero-order chi connectivity index (χ0) is 27.3. The van der Waals surface area contributed by atoms with Crippen LogP contribution in [-0.4, -0.2) is 46.0 Å². The molecule has 3 rings (SSSR count). The van der Waals surface area contributed by atoms with Crippen LogP contribution in [0.4, 0.5) is 0 Å². The van der Waals surface area contributed by atoms with E-state index in [9.17, 15) is 9.59 Å². The molecule has 1 saturated heterocycles. The van der Waals surface area contributed by atoms with Crippen molar-refractivity contribution in [3.05, 3.63) is 56.2 Å². The number of carbonyl (C=O) groups is 2. The van der Waals surface area contributed by atoms with Gasteiger partial charge < -0.3 is 14.4 Å². The summed E-state index contributed by atoms with van der Waals surface area (Å²) in [6, 6.07) is 10.8. The molecule has 9 heteroatoms. The largest absolute Gasteiger partial charge is 0.465 e. The van der Waals surface area contributed by atoms with Gasteiger partial charge in [0, 0.05) is 26.4 Å². The first kappa shape index (κ1) is 30.3. The number of nitrogens with zero attached hydrogens (tertiary/aromatic N) is 1. The maximum absolute atomic E-state index is 14.1. The van der Waals surface area contributed by atoms with Crippen LogP contribution in [0.1, 0.15) is 77.0 Å². The lowest BCUT2D eigenvalue weighted by atomic mass is 9.93. The smallest absolute Gasteiger partial charge is 0.308 e. The molecular formula is C28H37Cl2NO4S2. The van der Waals surface area contributed by atoms with Gasteiger partial charge in [0.25, 0.3) is 5.91 Å². The van der Waals surface area contributed by atoms with Crippen LogP contribution in [0, 0.1) is 5.92 Å². The quantitative estimate of drug-likeness (QED) is 0.265. The molecule has 204 valence electrons. The molecule has 5 nitrogen and oxygen atoms in total. The third-order valence-electron chi connectivity index (χ3n) is 5.99. The van der Waals surface area contributed by atoms with E-state index in [4.69, 9.17) is 32.7 Å². The molecule has 0 N–H and O–H groups in total. The Balaban J connectivity index is 2.06. The summed E-state index contributed by atoms with van der Waals surface area (Å²) in [5, 5.41) is 0.579. The minimum atomic E-state index is -0.955. The van der Waals surface area contributed by atoms with E-state index in [1.165, 1.54) is 11.3 Å². The lowest BCUT2D eigenvalue weighted by Crippen LogP contribution is -2.55. The van der Waals surface area contributed by atoms with Gasteiger partial charge in [0.15, 0.2) is 0 Å². The van der Waals surface area contributed by atoms with Gasteiger partial charge in [0.2, 0.25) is 0 Å². The highest BCUT2D eigenvalue weighted by atomic mass is 35.5. The summed E-state index contributed by atoms with van der Waals surface area (Å²) in [4.78, 5) is 29.7. The summed E-state index contributed by atoms with van der Waals surface area (Å²) >= 11 is 16.0. The van der Waals surface area contributed by atoms with Crippen LogP contribution in [0.5, 0.6) is 0 Å². The highest BCUT2D eigenvalue weighted by Gasteiger charge is 2.47. The first-order valence-electron chi connectivity index (χ1n) is 12.7. The second kappa shape index (κ2) is 13.2. The molecule has 1 amide bonds. The molecule has 1 fully saturated rings. The monoisotopic (exact) mass is 585 g/mol. The zero-order valence-electron chi connectivity index (χ0n) is 22.3. The Kier molecular flexibility index (Phi) is 10.8. The lowest BCUT2D eigenvalue weighted by molar-refractivity contribution is -0.183. The van der Waals surface area contributed by atoms with Crippen LogP contribution >= 0.6 is 46.3 Å². The third-order valence-corrected chi connectivity index (χ3v) is 8.95. The Morgan fingerprint density at radius 1 is 1.22 bits per heavy atom. The Labute approximate surface area is 239 Å². The summed E-state index contributed by atoms with van der Waals surface area (Å²) < 4.78 is 12.6. The van der Waals surface area contributed by atoms with Gasteiger partial charge in [-0.05, 0) is 42.2 Å². The molecule has 2 aromatic rings. The van der Waals surface area contributed by atoms with Crippen LogP contribution in [0.2, 0.25) is 9.36 Å². The van der Waals surface area contributed by atoms with Crippen molar-refractivity contribution in [2.75, 3.05) is 12.4 Å². The lowest BCUT2D eigenvalue weighted by Gasteiger charge is -2.47. The number of thiophene rings is 1. The standard InChI is InChI=1S/C28H37Cl2NO4S2/c1-7-20(16-36-28(4,5)6)31-25(22-11-12-23(30)37-22)26(18-9-8-10-19(29)13-18)35-21(27(31)33)14-24(32)34-15-17(2)3/h8-13,17,20-21,25-26H,7,14-16H2,1-6H3/t20-,21+,25+,26+/m0/s1. The molecule has 0 spiro atoms. The van der Waals surface area contributed by atoms with Crippen molar-refractivity contribution < 1.29 is 19.1 Å². The van der Waals surface area contributed by atoms with E-state index >= 15 is 0 Å². The molecule has 0 radical (unpaired) electrons. The highest BCUT2D eigenvalue weighted by Crippen LogP contribution is 2.47. The molecule has 37 heavy (non-hydrogen) atoms. The predicted octanol–water partition coefficient (Wildman–Crippen LogP) is 7.96. The minimum absolute atomic E-state index is 0.0386. The number of thioether (sulfide) groups is 1. The fourth-order valence-electron chi connectivity index (χ4n) is 4.23. The Morgan fingerprint density at radius 3 is 2.51 bits per heavy atom. The van der Waals surface area contributed by atoms with E-state index in [0.29, 0.717) is 16.0 Å². The molecular weight excluding hydrogens is 549 g/mol. The van der Waals surface area contributed by atoms with Crippen molar-refractivity contribution in [3.8, 4) is 0 Å². The van der Waals surface area contributed by atoms with Gasteiger partial charge >= 0.3 is 5.97 Å². The topological polar surface area (TPSA) is 55.8 Å². The van der Waals surface area contributed by atoms with Crippen molar-refractivity contribution in [2.24, 2.45) is 5.92 Å². The number of carbonyl (C=O) groups excluding carboxylic acids is 2. The maximum atomic E-state index is 14.1. The number of benzene rings is 1. The Bertz CT molecular complexity index is 1070. The van der Waals surface area contributed by atoms with Crippen LogP contribution < -0.4 is 0 Å². The Hall–Kier alpha value is -1.25. The molecule has 1 aliphatic heterocycles. The molecule has 4 atom stereocenters. The van der Waals surface area contributed by atoms with Gasteiger partial charge in [-0.15, -0.1) is 11.3 Å². The van der Waals surface area contributed by atoms with Gasteiger partial charge in [0.05, 0.1) is 23.4 Å². The number of morpholine rings is 1. The van der Waals surface area contributed by atoms with E-state index in [1.54, 1.807) is 0 Å². The van der Waals surface area contributed by atoms with E-state index < -0.39 is 24.2 Å². The molecule has 1 aromatic carbocycles. The number of amides is 1. The number of ether oxygens (including phenoxy) is 2.